The lowest BCUT2D eigenvalue weighted by Crippen LogP contribution is -2.21. The summed E-state index contributed by atoms with van der Waals surface area (Å²) in [6.07, 6.45) is -2.34. The second-order valence-electron chi connectivity index (χ2n) is 3.21. The van der Waals surface area contributed by atoms with E-state index >= 15 is 0 Å². The molecule has 3 nitrogen and oxygen atoms in total. The van der Waals surface area contributed by atoms with Crippen LogP contribution < -0.4 is 5.73 Å². The molecule has 1 rings (SSSR count). The Bertz CT molecular complexity index is 335. The molecule has 0 heterocycles. The van der Waals surface area contributed by atoms with E-state index in [1.54, 1.807) is 0 Å². The van der Waals surface area contributed by atoms with Gasteiger partial charge in [0, 0.05) is 6.54 Å². The third-order valence-electron chi connectivity index (χ3n) is 2.17. The Morgan fingerprint density at radius 2 is 2.07 bits per heavy atom. The van der Waals surface area contributed by atoms with Crippen molar-refractivity contribution in [3.05, 3.63) is 35.1 Å². The van der Waals surface area contributed by atoms with Gasteiger partial charge in [0.2, 0.25) is 0 Å². The molecule has 2 unspecified atom stereocenters. The Kier molecular flexibility index (Phi) is 4.47. The fourth-order valence-electron chi connectivity index (χ4n) is 1.32. The highest BCUT2D eigenvalue weighted by molar-refractivity contribution is 6.18. The normalized spacial score (nSPS) is 15.0. The molecule has 0 saturated carbocycles. The van der Waals surface area contributed by atoms with E-state index in [0.717, 1.165) is 6.07 Å². The lowest BCUT2D eigenvalue weighted by Gasteiger charge is -2.18. The summed E-state index contributed by atoms with van der Waals surface area (Å²) in [5.41, 5.74) is 6.31. The topological polar surface area (TPSA) is 66.5 Å². The van der Waals surface area contributed by atoms with Gasteiger partial charge in [-0.25, -0.2) is 4.39 Å². The lowest BCUT2D eigenvalue weighted by molar-refractivity contribution is 0.0320. The Balaban J connectivity index is 3.05. The van der Waals surface area contributed by atoms with Crippen LogP contribution in [0.2, 0.25) is 0 Å². The van der Waals surface area contributed by atoms with Crippen LogP contribution in [-0.4, -0.2) is 22.2 Å². The maximum absolute atomic E-state index is 12.9. The van der Waals surface area contributed by atoms with Crippen molar-refractivity contribution < 1.29 is 14.6 Å². The summed E-state index contributed by atoms with van der Waals surface area (Å²) in [6.45, 7) is 0.168. The Morgan fingerprint density at radius 3 is 2.60 bits per heavy atom. The zero-order chi connectivity index (χ0) is 11.4. The zero-order valence-electron chi connectivity index (χ0n) is 8.03. The first kappa shape index (κ1) is 12.4. The van der Waals surface area contributed by atoms with Crippen molar-refractivity contribution in [3.63, 3.8) is 0 Å². The first-order chi connectivity index (χ1) is 7.10. The number of halogens is 2. The molecule has 84 valence electrons. The molecule has 0 aliphatic carbocycles. The predicted molar refractivity (Wildman–Crippen MR) is 56.0 cm³/mol. The molecule has 2 atom stereocenters. The van der Waals surface area contributed by atoms with Gasteiger partial charge in [0.15, 0.2) is 0 Å². The smallest absolute Gasteiger partial charge is 0.123 e. The average molecular weight is 234 g/mol. The summed E-state index contributed by atoms with van der Waals surface area (Å²) in [5, 5.41) is 19.0. The molecule has 4 N–H and O–H groups in total. The van der Waals surface area contributed by atoms with Crippen LogP contribution in [0.1, 0.15) is 17.2 Å². The number of rotatable bonds is 4. The number of aliphatic hydroxyl groups is 2. The van der Waals surface area contributed by atoms with Crippen LogP contribution in [0, 0.1) is 5.82 Å². The Morgan fingerprint density at radius 1 is 1.40 bits per heavy atom. The van der Waals surface area contributed by atoms with E-state index in [1.165, 1.54) is 12.1 Å². The second kappa shape index (κ2) is 5.42. The molecule has 15 heavy (non-hydrogen) atoms. The molecule has 0 radical (unpaired) electrons. The summed E-state index contributed by atoms with van der Waals surface area (Å²) in [6, 6.07) is 3.89. The zero-order valence-corrected chi connectivity index (χ0v) is 8.78. The largest absolute Gasteiger partial charge is 0.389 e. The standard InChI is InChI=1S/C10H13ClFNO2/c11-4-9(14)10(15)8-3-7(12)2-1-6(8)5-13/h1-3,9-10,14-15H,4-5,13H2. The third kappa shape index (κ3) is 2.89. The van der Waals surface area contributed by atoms with Crippen LogP contribution in [0.25, 0.3) is 0 Å². The maximum atomic E-state index is 12.9. The molecule has 1 aromatic rings. The molecular weight excluding hydrogens is 221 g/mol. The van der Waals surface area contributed by atoms with Crippen LogP contribution in [0.5, 0.6) is 0 Å². The number of alkyl halides is 1. The molecular formula is C10H13ClFNO2. The minimum absolute atomic E-state index is 0.123. The number of benzene rings is 1. The van der Waals surface area contributed by atoms with Crippen LogP contribution in [0.4, 0.5) is 4.39 Å². The van der Waals surface area contributed by atoms with Crippen molar-refractivity contribution >= 4 is 11.6 Å². The fraction of sp³-hybridized carbons (Fsp3) is 0.400. The van der Waals surface area contributed by atoms with E-state index in [1.807, 2.05) is 0 Å². The molecule has 0 fully saturated rings. The summed E-state index contributed by atoms with van der Waals surface area (Å²) in [5.74, 6) is -0.607. The molecule has 0 aliphatic heterocycles. The Labute approximate surface area is 92.3 Å². The molecule has 0 amide bonds. The average Bonchev–Trinajstić information content (AvgIpc) is 2.27. The molecule has 0 bridgehead atoms. The summed E-state index contributed by atoms with van der Waals surface area (Å²) < 4.78 is 12.9. The van der Waals surface area contributed by atoms with Crippen molar-refractivity contribution in [2.75, 3.05) is 5.88 Å². The van der Waals surface area contributed by atoms with Gasteiger partial charge < -0.3 is 15.9 Å². The minimum Gasteiger partial charge on any atom is -0.389 e. The van der Waals surface area contributed by atoms with Crippen LogP contribution in [-0.2, 0) is 6.54 Å². The van der Waals surface area contributed by atoms with Crippen LogP contribution in [0.15, 0.2) is 18.2 Å². The second-order valence-corrected chi connectivity index (χ2v) is 3.52. The predicted octanol–water partition coefficient (Wildman–Crippen LogP) is 0.917. The van der Waals surface area contributed by atoms with Gasteiger partial charge in [-0.05, 0) is 23.3 Å². The van der Waals surface area contributed by atoms with Gasteiger partial charge in [-0.3, -0.25) is 0 Å². The molecule has 1 aromatic carbocycles. The van der Waals surface area contributed by atoms with Gasteiger partial charge in [-0.15, -0.1) is 11.6 Å². The van der Waals surface area contributed by atoms with Gasteiger partial charge in [0.05, 0.1) is 12.0 Å². The molecule has 0 spiro atoms. The fourth-order valence-corrected chi connectivity index (χ4v) is 1.49. The van der Waals surface area contributed by atoms with Crippen molar-refractivity contribution in [1.82, 2.24) is 0 Å². The van der Waals surface area contributed by atoms with Gasteiger partial charge >= 0.3 is 0 Å². The highest BCUT2D eigenvalue weighted by atomic mass is 35.5. The number of aliphatic hydroxyl groups excluding tert-OH is 2. The number of hydrogen-bond acceptors (Lipinski definition) is 3. The van der Waals surface area contributed by atoms with E-state index < -0.39 is 18.0 Å². The molecule has 5 heteroatoms. The third-order valence-corrected chi connectivity index (χ3v) is 2.49. The monoisotopic (exact) mass is 233 g/mol. The SMILES string of the molecule is NCc1ccc(F)cc1C(O)C(O)CCl. The molecule has 0 aliphatic rings. The van der Waals surface area contributed by atoms with Crippen molar-refractivity contribution in [2.24, 2.45) is 5.73 Å². The van der Waals surface area contributed by atoms with E-state index in [0.29, 0.717) is 5.56 Å². The first-order valence-corrected chi connectivity index (χ1v) is 5.04. The minimum atomic E-state index is -1.21. The van der Waals surface area contributed by atoms with Crippen molar-refractivity contribution in [1.29, 1.82) is 0 Å². The molecule has 0 aromatic heterocycles. The van der Waals surface area contributed by atoms with E-state index in [9.17, 15) is 14.6 Å². The van der Waals surface area contributed by atoms with Gasteiger partial charge in [-0.1, -0.05) is 6.07 Å². The first-order valence-electron chi connectivity index (χ1n) is 4.50. The summed E-state index contributed by atoms with van der Waals surface area (Å²) in [4.78, 5) is 0. The van der Waals surface area contributed by atoms with E-state index in [-0.39, 0.29) is 18.0 Å². The Hall–Kier alpha value is -0.680. The maximum Gasteiger partial charge on any atom is 0.123 e. The number of hydrogen-bond donors (Lipinski definition) is 3. The van der Waals surface area contributed by atoms with E-state index in [4.69, 9.17) is 17.3 Å². The van der Waals surface area contributed by atoms with Gasteiger partial charge in [0.1, 0.15) is 11.9 Å². The van der Waals surface area contributed by atoms with Crippen molar-refractivity contribution in [2.45, 2.75) is 18.8 Å². The molecule has 0 saturated heterocycles. The van der Waals surface area contributed by atoms with Gasteiger partial charge in [-0.2, -0.15) is 0 Å². The van der Waals surface area contributed by atoms with Crippen LogP contribution >= 0.6 is 11.6 Å². The quantitative estimate of drug-likeness (QED) is 0.678. The highest BCUT2D eigenvalue weighted by Gasteiger charge is 2.20. The lowest BCUT2D eigenvalue weighted by atomic mass is 9.99. The van der Waals surface area contributed by atoms with E-state index in [2.05, 4.69) is 0 Å². The summed E-state index contributed by atoms with van der Waals surface area (Å²) >= 11 is 5.40. The van der Waals surface area contributed by atoms with Crippen LogP contribution in [0.3, 0.4) is 0 Å². The number of nitrogens with two attached hydrogens (primary N) is 1. The van der Waals surface area contributed by atoms with Crippen molar-refractivity contribution in [3.8, 4) is 0 Å². The summed E-state index contributed by atoms with van der Waals surface area (Å²) in [7, 11) is 0. The highest BCUT2D eigenvalue weighted by Crippen LogP contribution is 2.22. The van der Waals surface area contributed by atoms with Gasteiger partial charge in [0.25, 0.3) is 0 Å².